The van der Waals surface area contributed by atoms with Gasteiger partial charge in [-0.2, -0.15) is 0 Å². The highest BCUT2D eigenvalue weighted by Crippen LogP contribution is 2.13. The van der Waals surface area contributed by atoms with E-state index in [9.17, 15) is 5.11 Å². The average molecular weight is 204 g/mol. The predicted molar refractivity (Wildman–Crippen MR) is 57.4 cm³/mol. The molecule has 86 valence electrons. The first-order chi connectivity index (χ1) is 6.36. The summed E-state index contributed by atoms with van der Waals surface area (Å²) in [5, 5.41) is 9.36. The lowest BCUT2D eigenvalue weighted by molar-refractivity contribution is -0.107. The standard InChI is InChI=1S/C11H24O3/c1-9(2)8-13-6-7-14-11(4,5)10(3)12/h9-10,12H,6-8H2,1-5H3. The first kappa shape index (κ1) is 13.9. The van der Waals surface area contributed by atoms with Crippen LogP contribution in [0.2, 0.25) is 0 Å². The molecule has 0 aromatic carbocycles. The van der Waals surface area contributed by atoms with Crippen LogP contribution in [-0.2, 0) is 9.47 Å². The van der Waals surface area contributed by atoms with Gasteiger partial charge in [0, 0.05) is 6.61 Å². The van der Waals surface area contributed by atoms with Gasteiger partial charge in [-0.1, -0.05) is 13.8 Å². The highest BCUT2D eigenvalue weighted by atomic mass is 16.5. The first-order valence-corrected chi connectivity index (χ1v) is 5.26. The molecule has 0 aliphatic carbocycles. The van der Waals surface area contributed by atoms with Gasteiger partial charge in [0.2, 0.25) is 0 Å². The smallest absolute Gasteiger partial charge is 0.0882 e. The molecular weight excluding hydrogens is 180 g/mol. The van der Waals surface area contributed by atoms with Crippen LogP contribution in [0.5, 0.6) is 0 Å². The third kappa shape index (κ3) is 6.35. The largest absolute Gasteiger partial charge is 0.390 e. The maximum absolute atomic E-state index is 9.36. The van der Waals surface area contributed by atoms with Gasteiger partial charge in [0.1, 0.15) is 0 Å². The van der Waals surface area contributed by atoms with Crippen LogP contribution in [0.15, 0.2) is 0 Å². The minimum Gasteiger partial charge on any atom is -0.390 e. The first-order valence-electron chi connectivity index (χ1n) is 5.26. The summed E-state index contributed by atoms with van der Waals surface area (Å²) in [5.41, 5.74) is -0.485. The molecule has 0 saturated heterocycles. The lowest BCUT2D eigenvalue weighted by Crippen LogP contribution is -2.37. The molecule has 0 aliphatic heterocycles. The number of ether oxygens (including phenoxy) is 2. The molecule has 0 radical (unpaired) electrons. The van der Waals surface area contributed by atoms with E-state index in [1.165, 1.54) is 0 Å². The predicted octanol–water partition coefficient (Wildman–Crippen LogP) is 1.83. The monoisotopic (exact) mass is 204 g/mol. The van der Waals surface area contributed by atoms with Crippen LogP contribution in [-0.4, -0.2) is 36.6 Å². The third-order valence-corrected chi connectivity index (χ3v) is 2.16. The highest BCUT2D eigenvalue weighted by Gasteiger charge is 2.24. The molecular formula is C11H24O3. The molecule has 0 amide bonds. The van der Waals surface area contributed by atoms with Crippen molar-refractivity contribution >= 4 is 0 Å². The van der Waals surface area contributed by atoms with Crippen molar-refractivity contribution in [2.24, 2.45) is 5.92 Å². The molecule has 0 aromatic rings. The summed E-state index contributed by atoms with van der Waals surface area (Å²) in [4.78, 5) is 0. The Bertz CT molecular complexity index is 141. The normalized spacial score (nSPS) is 14.8. The molecule has 0 aliphatic rings. The number of rotatable bonds is 7. The quantitative estimate of drug-likeness (QED) is 0.643. The van der Waals surface area contributed by atoms with Gasteiger partial charge in [0.15, 0.2) is 0 Å². The molecule has 0 fully saturated rings. The van der Waals surface area contributed by atoms with Gasteiger partial charge in [-0.25, -0.2) is 0 Å². The van der Waals surface area contributed by atoms with Crippen molar-refractivity contribution in [2.75, 3.05) is 19.8 Å². The molecule has 0 aromatic heterocycles. The van der Waals surface area contributed by atoms with Gasteiger partial charge in [-0.3, -0.25) is 0 Å². The Labute approximate surface area is 87.4 Å². The van der Waals surface area contributed by atoms with Crippen molar-refractivity contribution in [3.8, 4) is 0 Å². The van der Waals surface area contributed by atoms with E-state index in [1.807, 2.05) is 13.8 Å². The van der Waals surface area contributed by atoms with Crippen molar-refractivity contribution in [3.63, 3.8) is 0 Å². The van der Waals surface area contributed by atoms with Crippen molar-refractivity contribution in [2.45, 2.75) is 46.3 Å². The molecule has 0 heterocycles. The van der Waals surface area contributed by atoms with Gasteiger partial charge in [-0.05, 0) is 26.7 Å². The fourth-order valence-corrected chi connectivity index (χ4v) is 0.803. The second-order valence-electron chi connectivity index (χ2n) is 4.60. The minimum atomic E-state index is -0.485. The Morgan fingerprint density at radius 3 is 2.14 bits per heavy atom. The van der Waals surface area contributed by atoms with Gasteiger partial charge in [0.05, 0.1) is 24.9 Å². The fourth-order valence-electron chi connectivity index (χ4n) is 0.803. The van der Waals surface area contributed by atoms with Gasteiger partial charge >= 0.3 is 0 Å². The minimum absolute atomic E-state index is 0.465. The second-order valence-corrected chi connectivity index (χ2v) is 4.60. The van der Waals surface area contributed by atoms with E-state index in [0.29, 0.717) is 19.1 Å². The Hall–Kier alpha value is -0.120. The number of aliphatic hydroxyl groups excluding tert-OH is 1. The van der Waals surface area contributed by atoms with Crippen LogP contribution in [0.1, 0.15) is 34.6 Å². The fraction of sp³-hybridized carbons (Fsp3) is 1.00. The summed E-state index contributed by atoms with van der Waals surface area (Å²) < 4.78 is 10.9. The van der Waals surface area contributed by atoms with Crippen LogP contribution in [0.25, 0.3) is 0 Å². The van der Waals surface area contributed by atoms with Crippen molar-refractivity contribution in [1.29, 1.82) is 0 Å². The van der Waals surface area contributed by atoms with E-state index in [1.54, 1.807) is 6.92 Å². The lowest BCUT2D eigenvalue weighted by Gasteiger charge is -2.28. The zero-order valence-corrected chi connectivity index (χ0v) is 10.0. The molecule has 1 N–H and O–H groups in total. The van der Waals surface area contributed by atoms with Crippen LogP contribution in [0.4, 0.5) is 0 Å². The summed E-state index contributed by atoms with van der Waals surface area (Å²) in [7, 11) is 0. The van der Waals surface area contributed by atoms with Crippen molar-refractivity contribution < 1.29 is 14.6 Å². The topological polar surface area (TPSA) is 38.7 Å². The Balaban J connectivity index is 3.45. The third-order valence-electron chi connectivity index (χ3n) is 2.16. The molecule has 0 spiro atoms. The summed E-state index contributed by atoms with van der Waals surface area (Å²) in [6.45, 7) is 11.6. The molecule has 0 rings (SSSR count). The maximum atomic E-state index is 9.36. The molecule has 3 nitrogen and oxygen atoms in total. The van der Waals surface area contributed by atoms with Crippen LogP contribution < -0.4 is 0 Å². The van der Waals surface area contributed by atoms with Gasteiger partial charge in [-0.15, -0.1) is 0 Å². The lowest BCUT2D eigenvalue weighted by atomic mass is 10.0. The summed E-state index contributed by atoms with van der Waals surface area (Å²) in [6.07, 6.45) is -0.465. The van der Waals surface area contributed by atoms with E-state index in [-0.39, 0.29) is 0 Å². The number of aliphatic hydroxyl groups is 1. The van der Waals surface area contributed by atoms with E-state index in [2.05, 4.69) is 13.8 Å². The molecule has 3 heteroatoms. The van der Waals surface area contributed by atoms with Crippen molar-refractivity contribution in [1.82, 2.24) is 0 Å². The molecule has 1 atom stereocenters. The average Bonchev–Trinajstić information content (AvgIpc) is 2.02. The molecule has 0 bridgehead atoms. The summed E-state index contributed by atoms with van der Waals surface area (Å²) in [6, 6.07) is 0. The number of hydrogen-bond donors (Lipinski definition) is 1. The zero-order valence-electron chi connectivity index (χ0n) is 10.0. The van der Waals surface area contributed by atoms with Gasteiger partial charge < -0.3 is 14.6 Å². The van der Waals surface area contributed by atoms with E-state index in [0.717, 1.165) is 6.61 Å². The summed E-state index contributed by atoms with van der Waals surface area (Å²) >= 11 is 0. The van der Waals surface area contributed by atoms with Crippen LogP contribution in [0, 0.1) is 5.92 Å². The second kappa shape index (κ2) is 6.38. The highest BCUT2D eigenvalue weighted by molar-refractivity contribution is 4.74. The summed E-state index contributed by atoms with van der Waals surface area (Å²) in [5.74, 6) is 0.555. The Kier molecular flexibility index (Phi) is 6.33. The van der Waals surface area contributed by atoms with Crippen molar-refractivity contribution in [3.05, 3.63) is 0 Å². The Morgan fingerprint density at radius 2 is 1.71 bits per heavy atom. The zero-order chi connectivity index (χ0) is 11.2. The molecule has 14 heavy (non-hydrogen) atoms. The van der Waals surface area contributed by atoms with E-state index < -0.39 is 11.7 Å². The SMILES string of the molecule is CC(C)COCCOC(C)(C)C(C)O. The van der Waals surface area contributed by atoms with E-state index >= 15 is 0 Å². The maximum Gasteiger partial charge on any atom is 0.0882 e. The van der Waals surface area contributed by atoms with Gasteiger partial charge in [0.25, 0.3) is 0 Å². The van der Waals surface area contributed by atoms with E-state index in [4.69, 9.17) is 9.47 Å². The number of hydrogen-bond acceptors (Lipinski definition) is 3. The van der Waals surface area contributed by atoms with Crippen LogP contribution >= 0.6 is 0 Å². The Morgan fingerprint density at radius 1 is 1.14 bits per heavy atom. The molecule has 1 unspecified atom stereocenters. The molecule has 0 saturated carbocycles. The van der Waals surface area contributed by atoms with Crippen LogP contribution in [0.3, 0.4) is 0 Å².